The van der Waals surface area contributed by atoms with E-state index in [0.29, 0.717) is 6.42 Å². The van der Waals surface area contributed by atoms with Gasteiger partial charge in [-0.15, -0.1) is 0 Å². The summed E-state index contributed by atoms with van der Waals surface area (Å²) in [5.41, 5.74) is 1.93. The van der Waals surface area contributed by atoms with E-state index in [1.807, 2.05) is 29.6 Å². The molecule has 0 unspecified atom stereocenters. The number of hydrogen-bond donors (Lipinski definition) is 2. The van der Waals surface area contributed by atoms with E-state index in [1.165, 1.54) is 5.41 Å². The van der Waals surface area contributed by atoms with Gasteiger partial charge in [-0.3, -0.25) is 9.78 Å². The Balaban J connectivity index is 1.59. The van der Waals surface area contributed by atoms with Gasteiger partial charge in [-0.25, -0.2) is 8.42 Å². The van der Waals surface area contributed by atoms with E-state index in [0.717, 1.165) is 11.3 Å². The zero-order valence-electron chi connectivity index (χ0n) is 13.5. The van der Waals surface area contributed by atoms with Crippen LogP contribution in [0.4, 0.5) is 0 Å². The number of nitrogens with one attached hydrogen (secondary N) is 2. The van der Waals surface area contributed by atoms with Crippen LogP contribution in [0.15, 0.2) is 52.7 Å². The van der Waals surface area contributed by atoms with Gasteiger partial charge in [0.15, 0.2) is 9.84 Å². The molecule has 0 fully saturated rings. The van der Waals surface area contributed by atoms with Crippen molar-refractivity contribution in [1.82, 2.24) is 15.6 Å². The van der Waals surface area contributed by atoms with Crippen molar-refractivity contribution in [3.05, 3.63) is 64.0 Å². The fraction of sp³-hybridized carbons (Fsp3) is 0.294. The minimum absolute atomic E-state index is 0.00114. The normalized spacial score (nSPS) is 19.6. The van der Waals surface area contributed by atoms with Gasteiger partial charge in [0.1, 0.15) is 0 Å². The van der Waals surface area contributed by atoms with E-state index >= 15 is 0 Å². The van der Waals surface area contributed by atoms with Gasteiger partial charge in [-0.05, 0) is 40.9 Å². The standard InChI is InChI=1S/C17H19N3O3S2/c21-17(10-19-14-5-8-25(22,23)12-14)20-16(9-13-4-7-24-11-13)15-3-1-2-6-18-15/h1-8,11,14,16,19H,9-10,12H2,(H,20,21)/t14-,16-/m1/s1. The average molecular weight is 377 g/mol. The lowest BCUT2D eigenvalue weighted by atomic mass is 10.1. The molecule has 0 saturated carbocycles. The first-order valence-electron chi connectivity index (χ1n) is 7.87. The number of sulfone groups is 1. The first kappa shape index (κ1) is 17.8. The van der Waals surface area contributed by atoms with E-state index in [2.05, 4.69) is 21.0 Å². The Morgan fingerprint density at radius 1 is 1.36 bits per heavy atom. The van der Waals surface area contributed by atoms with Crippen LogP contribution < -0.4 is 10.6 Å². The molecule has 0 bridgehead atoms. The molecule has 0 aliphatic carbocycles. The molecule has 1 aliphatic rings. The molecule has 3 rings (SSSR count). The van der Waals surface area contributed by atoms with Crippen molar-refractivity contribution in [3.8, 4) is 0 Å². The van der Waals surface area contributed by atoms with Gasteiger partial charge in [-0.2, -0.15) is 11.3 Å². The molecule has 0 radical (unpaired) electrons. The largest absolute Gasteiger partial charge is 0.346 e. The predicted molar refractivity (Wildman–Crippen MR) is 97.9 cm³/mol. The molecule has 2 aromatic heterocycles. The van der Waals surface area contributed by atoms with Gasteiger partial charge in [0.05, 0.1) is 24.0 Å². The number of rotatable bonds is 7. The number of hydrogen-bond acceptors (Lipinski definition) is 6. The molecule has 2 aromatic rings. The highest BCUT2D eigenvalue weighted by Gasteiger charge is 2.22. The summed E-state index contributed by atoms with van der Waals surface area (Å²) in [5, 5.41) is 11.2. The smallest absolute Gasteiger partial charge is 0.234 e. The monoisotopic (exact) mass is 377 g/mol. The molecule has 2 N–H and O–H groups in total. The van der Waals surface area contributed by atoms with Crippen molar-refractivity contribution in [1.29, 1.82) is 0 Å². The second kappa shape index (κ2) is 7.90. The van der Waals surface area contributed by atoms with Crippen molar-refractivity contribution in [3.63, 3.8) is 0 Å². The molecule has 1 amide bonds. The molecular formula is C17H19N3O3S2. The van der Waals surface area contributed by atoms with E-state index in [1.54, 1.807) is 23.6 Å². The summed E-state index contributed by atoms with van der Waals surface area (Å²) in [7, 11) is -3.13. The summed E-state index contributed by atoms with van der Waals surface area (Å²) >= 11 is 1.61. The van der Waals surface area contributed by atoms with Crippen LogP contribution in [0.3, 0.4) is 0 Å². The Morgan fingerprint density at radius 3 is 2.88 bits per heavy atom. The Kier molecular flexibility index (Phi) is 5.62. The van der Waals surface area contributed by atoms with Crippen LogP contribution in [0.2, 0.25) is 0 Å². The van der Waals surface area contributed by atoms with Crippen molar-refractivity contribution < 1.29 is 13.2 Å². The lowest BCUT2D eigenvalue weighted by molar-refractivity contribution is -0.121. The van der Waals surface area contributed by atoms with Crippen LogP contribution in [0, 0.1) is 0 Å². The highest BCUT2D eigenvalue weighted by molar-refractivity contribution is 7.94. The highest BCUT2D eigenvalue weighted by Crippen LogP contribution is 2.18. The van der Waals surface area contributed by atoms with Crippen LogP contribution in [0.5, 0.6) is 0 Å². The van der Waals surface area contributed by atoms with Gasteiger partial charge in [-0.1, -0.05) is 12.1 Å². The van der Waals surface area contributed by atoms with E-state index in [4.69, 9.17) is 0 Å². The lowest BCUT2D eigenvalue weighted by Gasteiger charge is -2.19. The SMILES string of the molecule is O=C(CN[C@@H]1C=CS(=O)(=O)C1)N[C@H](Cc1ccsc1)c1ccccn1. The van der Waals surface area contributed by atoms with E-state index in [-0.39, 0.29) is 30.3 Å². The second-order valence-electron chi connectivity index (χ2n) is 5.86. The minimum Gasteiger partial charge on any atom is -0.346 e. The fourth-order valence-corrected chi connectivity index (χ4v) is 4.58. The Hall–Kier alpha value is -2.03. The Morgan fingerprint density at radius 2 is 2.24 bits per heavy atom. The third-order valence-corrected chi connectivity index (χ3v) is 5.98. The number of aromatic nitrogens is 1. The third kappa shape index (κ3) is 5.22. The number of nitrogens with zero attached hydrogens (tertiary/aromatic N) is 1. The maximum absolute atomic E-state index is 12.3. The number of carbonyl (C=O) groups excluding carboxylic acids is 1. The van der Waals surface area contributed by atoms with Crippen LogP contribution in [0.1, 0.15) is 17.3 Å². The van der Waals surface area contributed by atoms with Gasteiger partial charge >= 0.3 is 0 Å². The number of carbonyl (C=O) groups is 1. The zero-order valence-corrected chi connectivity index (χ0v) is 15.1. The summed E-state index contributed by atoms with van der Waals surface area (Å²) in [6, 6.07) is 7.09. The van der Waals surface area contributed by atoms with Crippen LogP contribution >= 0.6 is 11.3 Å². The molecule has 3 heterocycles. The minimum atomic E-state index is -3.13. The molecule has 0 spiro atoms. The van der Waals surface area contributed by atoms with Crippen LogP contribution in [-0.4, -0.2) is 37.6 Å². The summed E-state index contributed by atoms with van der Waals surface area (Å²) in [6.45, 7) is 0.0531. The molecule has 6 nitrogen and oxygen atoms in total. The first-order chi connectivity index (χ1) is 12.0. The number of pyridine rings is 1. The maximum Gasteiger partial charge on any atom is 0.234 e. The molecule has 25 heavy (non-hydrogen) atoms. The van der Waals surface area contributed by atoms with Crippen molar-refractivity contribution in [2.24, 2.45) is 0 Å². The molecule has 1 aliphatic heterocycles. The molecule has 8 heteroatoms. The molecule has 0 aromatic carbocycles. The van der Waals surface area contributed by atoms with Crippen molar-refractivity contribution in [2.75, 3.05) is 12.3 Å². The van der Waals surface area contributed by atoms with E-state index in [9.17, 15) is 13.2 Å². The second-order valence-corrected chi connectivity index (χ2v) is 8.57. The summed E-state index contributed by atoms with van der Waals surface area (Å²) in [6.07, 6.45) is 3.93. The van der Waals surface area contributed by atoms with Gasteiger partial charge in [0, 0.05) is 17.6 Å². The van der Waals surface area contributed by atoms with Crippen molar-refractivity contribution >= 4 is 27.1 Å². The topological polar surface area (TPSA) is 88.2 Å². The zero-order chi connectivity index (χ0) is 17.7. The maximum atomic E-state index is 12.3. The van der Waals surface area contributed by atoms with Gasteiger partial charge < -0.3 is 10.6 Å². The Bertz CT molecular complexity index is 833. The highest BCUT2D eigenvalue weighted by atomic mass is 32.2. The molecule has 132 valence electrons. The summed E-state index contributed by atoms with van der Waals surface area (Å²) < 4.78 is 22.8. The Labute approximate surface area is 150 Å². The molecular weight excluding hydrogens is 358 g/mol. The quantitative estimate of drug-likeness (QED) is 0.762. The first-order valence-corrected chi connectivity index (χ1v) is 10.5. The average Bonchev–Trinajstić information content (AvgIpc) is 3.22. The number of thiophene rings is 1. The van der Waals surface area contributed by atoms with Gasteiger partial charge in [0.25, 0.3) is 0 Å². The molecule has 2 atom stereocenters. The van der Waals surface area contributed by atoms with Crippen LogP contribution in [0.25, 0.3) is 0 Å². The summed E-state index contributed by atoms with van der Waals surface area (Å²) in [5.74, 6) is -0.192. The lowest BCUT2D eigenvalue weighted by Crippen LogP contribution is -2.41. The van der Waals surface area contributed by atoms with E-state index < -0.39 is 9.84 Å². The van der Waals surface area contributed by atoms with Gasteiger partial charge in [0.2, 0.25) is 5.91 Å². The van der Waals surface area contributed by atoms with Crippen molar-refractivity contribution in [2.45, 2.75) is 18.5 Å². The molecule has 0 saturated heterocycles. The number of amides is 1. The fourth-order valence-electron chi connectivity index (χ4n) is 2.63. The van der Waals surface area contributed by atoms with Crippen LogP contribution in [-0.2, 0) is 21.1 Å². The summed E-state index contributed by atoms with van der Waals surface area (Å²) in [4.78, 5) is 16.6. The predicted octanol–water partition coefficient (Wildman–Crippen LogP) is 1.44. The third-order valence-electron chi connectivity index (χ3n) is 3.85.